The number of carbonyl (C=O) groups is 1. The van der Waals surface area contributed by atoms with Gasteiger partial charge in [0.25, 0.3) is 5.91 Å². The molecule has 2 heterocycles. The number of hydrogen-bond acceptors (Lipinski definition) is 4. The lowest BCUT2D eigenvalue weighted by molar-refractivity contribution is 0.103. The molecular formula is C22H21N3O2S. The van der Waals surface area contributed by atoms with E-state index in [0.29, 0.717) is 11.4 Å². The first-order valence-corrected chi connectivity index (χ1v) is 9.83. The van der Waals surface area contributed by atoms with Gasteiger partial charge >= 0.3 is 0 Å². The number of methoxy groups -OCH3 is 1. The maximum atomic E-state index is 12.7. The third-order valence-corrected chi connectivity index (χ3v) is 5.78. The second kappa shape index (κ2) is 7.48. The van der Waals surface area contributed by atoms with Crippen molar-refractivity contribution in [2.45, 2.75) is 20.4 Å². The van der Waals surface area contributed by atoms with Crippen molar-refractivity contribution in [2.75, 3.05) is 12.4 Å². The molecule has 6 heteroatoms. The van der Waals surface area contributed by atoms with E-state index in [1.165, 1.54) is 22.5 Å². The summed E-state index contributed by atoms with van der Waals surface area (Å²) in [7, 11) is 1.62. The Hall–Kier alpha value is -3.12. The predicted molar refractivity (Wildman–Crippen MR) is 114 cm³/mol. The summed E-state index contributed by atoms with van der Waals surface area (Å²) in [6, 6.07) is 17.7. The summed E-state index contributed by atoms with van der Waals surface area (Å²) in [5, 5.41) is 8.62. The zero-order chi connectivity index (χ0) is 19.7. The van der Waals surface area contributed by atoms with Gasteiger partial charge in [0.2, 0.25) is 0 Å². The minimum atomic E-state index is -0.118. The fraction of sp³-hybridized carbons (Fsp3) is 0.182. The van der Waals surface area contributed by atoms with Gasteiger partial charge in [-0.3, -0.25) is 9.48 Å². The lowest BCUT2D eigenvalue weighted by Crippen LogP contribution is -2.10. The molecule has 0 radical (unpaired) electrons. The first-order chi connectivity index (χ1) is 13.5. The van der Waals surface area contributed by atoms with Gasteiger partial charge in [-0.2, -0.15) is 5.10 Å². The molecule has 142 valence electrons. The number of carbonyl (C=O) groups excluding carboxylic acids is 1. The fourth-order valence-electron chi connectivity index (χ4n) is 3.07. The van der Waals surface area contributed by atoms with E-state index in [-0.39, 0.29) is 5.91 Å². The number of anilines is 1. The van der Waals surface area contributed by atoms with Gasteiger partial charge in [-0.1, -0.05) is 29.8 Å². The Bertz CT molecular complexity index is 1130. The van der Waals surface area contributed by atoms with Gasteiger partial charge < -0.3 is 10.1 Å². The Balaban J connectivity index is 1.58. The van der Waals surface area contributed by atoms with Gasteiger partial charge in [0, 0.05) is 11.1 Å². The Kier molecular flexibility index (Phi) is 4.88. The lowest BCUT2D eigenvalue weighted by atomic mass is 10.1. The van der Waals surface area contributed by atoms with Crippen molar-refractivity contribution in [3.05, 3.63) is 76.3 Å². The van der Waals surface area contributed by atoms with Crippen LogP contribution in [0.2, 0.25) is 0 Å². The zero-order valence-electron chi connectivity index (χ0n) is 16.0. The molecule has 2 aromatic heterocycles. The van der Waals surface area contributed by atoms with Crippen LogP contribution in [0.4, 0.5) is 5.69 Å². The second-order valence-electron chi connectivity index (χ2n) is 6.74. The molecule has 1 amide bonds. The third-order valence-electron chi connectivity index (χ3n) is 4.63. The van der Waals surface area contributed by atoms with Crippen LogP contribution >= 0.6 is 11.3 Å². The van der Waals surface area contributed by atoms with Crippen molar-refractivity contribution in [3.8, 4) is 5.75 Å². The van der Waals surface area contributed by atoms with Crippen LogP contribution in [0.1, 0.15) is 26.5 Å². The second-order valence-corrected chi connectivity index (χ2v) is 7.77. The minimum absolute atomic E-state index is 0.118. The van der Waals surface area contributed by atoms with E-state index in [4.69, 9.17) is 4.74 Å². The number of rotatable bonds is 5. The van der Waals surface area contributed by atoms with E-state index in [1.54, 1.807) is 7.11 Å². The number of fused-ring (bicyclic) bond motifs is 1. The Labute approximate surface area is 167 Å². The van der Waals surface area contributed by atoms with Crippen molar-refractivity contribution in [2.24, 2.45) is 0 Å². The maximum Gasteiger partial charge on any atom is 0.265 e. The summed E-state index contributed by atoms with van der Waals surface area (Å²) in [6.07, 6.45) is 0. The number of benzene rings is 2. The van der Waals surface area contributed by atoms with Gasteiger partial charge in [-0.15, -0.1) is 11.3 Å². The van der Waals surface area contributed by atoms with Crippen LogP contribution in [0.25, 0.3) is 10.2 Å². The number of nitrogens with one attached hydrogen (secondary N) is 1. The minimum Gasteiger partial charge on any atom is -0.497 e. The number of aromatic nitrogens is 2. The van der Waals surface area contributed by atoms with Crippen LogP contribution in [0.5, 0.6) is 5.75 Å². The van der Waals surface area contributed by atoms with Crippen LogP contribution in [-0.4, -0.2) is 22.8 Å². The third kappa shape index (κ3) is 3.64. The van der Waals surface area contributed by atoms with Crippen molar-refractivity contribution in [1.29, 1.82) is 0 Å². The Morgan fingerprint density at radius 3 is 2.50 bits per heavy atom. The summed E-state index contributed by atoms with van der Waals surface area (Å²) in [4.78, 5) is 14.4. The number of amides is 1. The van der Waals surface area contributed by atoms with E-state index < -0.39 is 0 Å². The van der Waals surface area contributed by atoms with Crippen molar-refractivity contribution in [1.82, 2.24) is 9.78 Å². The largest absolute Gasteiger partial charge is 0.497 e. The van der Waals surface area contributed by atoms with E-state index in [2.05, 4.69) is 41.6 Å². The highest BCUT2D eigenvalue weighted by Gasteiger charge is 2.16. The number of hydrogen-bond donors (Lipinski definition) is 1. The standard InChI is InChI=1S/C22H21N3O2S/c1-14-4-6-16(7-5-14)13-25-22-19(15(2)24-25)12-20(28-22)21(26)23-17-8-10-18(27-3)11-9-17/h4-12H,13H2,1-3H3,(H,23,26). The highest BCUT2D eigenvalue weighted by atomic mass is 32.1. The van der Waals surface area contributed by atoms with Gasteiger partial charge in [-0.05, 0) is 49.7 Å². The van der Waals surface area contributed by atoms with Crippen LogP contribution in [-0.2, 0) is 6.54 Å². The van der Waals surface area contributed by atoms with Crippen LogP contribution in [0, 0.1) is 13.8 Å². The van der Waals surface area contributed by atoms with E-state index in [9.17, 15) is 4.79 Å². The first kappa shape index (κ1) is 18.3. The molecule has 0 saturated carbocycles. The zero-order valence-corrected chi connectivity index (χ0v) is 16.8. The normalized spacial score (nSPS) is 11.0. The summed E-state index contributed by atoms with van der Waals surface area (Å²) >= 11 is 1.47. The number of ether oxygens (including phenoxy) is 1. The van der Waals surface area contributed by atoms with Crippen molar-refractivity contribution < 1.29 is 9.53 Å². The monoisotopic (exact) mass is 391 g/mol. The van der Waals surface area contributed by atoms with E-state index in [1.807, 2.05) is 41.9 Å². The molecule has 2 aromatic carbocycles. The van der Waals surface area contributed by atoms with Crippen molar-refractivity contribution in [3.63, 3.8) is 0 Å². The number of nitrogens with zero attached hydrogens (tertiary/aromatic N) is 2. The molecule has 4 rings (SSSR count). The van der Waals surface area contributed by atoms with Crippen LogP contribution < -0.4 is 10.1 Å². The number of thiophene rings is 1. The molecule has 0 atom stereocenters. The van der Waals surface area contributed by atoms with E-state index in [0.717, 1.165) is 27.3 Å². The molecule has 0 fully saturated rings. The van der Waals surface area contributed by atoms with Gasteiger partial charge in [0.05, 0.1) is 24.2 Å². The Morgan fingerprint density at radius 1 is 1.11 bits per heavy atom. The molecule has 0 unspecified atom stereocenters. The number of aryl methyl sites for hydroxylation is 2. The van der Waals surface area contributed by atoms with Crippen LogP contribution in [0.15, 0.2) is 54.6 Å². The highest BCUT2D eigenvalue weighted by Crippen LogP contribution is 2.29. The van der Waals surface area contributed by atoms with Crippen molar-refractivity contribution >= 4 is 33.1 Å². The average Bonchev–Trinajstić information content (AvgIpc) is 3.26. The molecule has 0 spiro atoms. The highest BCUT2D eigenvalue weighted by molar-refractivity contribution is 7.20. The SMILES string of the molecule is COc1ccc(NC(=O)c2cc3c(C)nn(Cc4ccc(C)cc4)c3s2)cc1. The molecule has 0 aliphatic carbocycles. The molecule has 28 heavy (non-hydrogen) atoms. The summed E-state index contributed by atoms with van der Waals surface area (Å²) < 4.78 is 7.13. The molecule has 1 N–H and O–H groups in total. The molecule has 4 aromatic rings. The molecule has 0 aliphatic rings. The fourth-order valence-corrected chi connectivity index (χ4v) is 4.12. The summed E-state index contributed by atoms with van der Waals surface area (Å²) in [5.74, 6) is 0.638. The maximum absolute atomic E-state index is 12.7. The van der Waals surface area contributed by atoms with Gasteiger partial charge in [-0.25, -0.2) is 0 Å². The van der Waals surface area contributed by atoms with E-state index >= 15 is 0 Å². The van der Waals surface area contributed by atoms with Crippen LogP contribution in [0.3, 0.4) is 0 Å². The van der Waals surface area contributed by atoms with Gasteiger partial charge in [0.15, 0.2) is 0 Å². The first-order valence-electron chi connectivity index (χ1n) is 9.01. The molecule has 0 aliphatic heterocycles. The molecule has 5 nitrogen and oxygen atoms in total. The summed E-state index contributed by atoms with van der Waals surface area (Å²) in [5.41, 5.74) is 4.09. The lowest BCUT2D eigenvalue weighted by Gasteiger charge is -2.05. The summed E-state index contributed by atoms with van der Waals surface area (Å²) in [6.45, 7) is 4.74. The predicted octanol–water partition coefficient (Wildman–Crippen LogP) is 5.02. The average molecular weight is 391 g/mol. The Morgan fingerprint density at radius 2 is 1.82 bits per heavy atom. The quantitative estimate of drug-likeness (QED) is 0.519. The van der Waals surface area contributed by atoms with Gasteiger partial charge in [0.1, 0.15) is 10.6 Å². The smallest absolute Gasteiger partial charge is 0.265 e. The molecule has 0 bridgehead atoms. The molecule has 0 saturated heterocycles. The topological polar surface area (TPSA) is 56.1 Å². The molecular weight excluding hydrogens is 370 g/mol.